The zero-order valence-corrected chi connectivity index (χ0v) is 14.2. The van der Waals surface area contributed by atoms with Gasteiger partial charge in [-0.15, -0.1) is 0 Å². The summed E-state index contributed by atoms with van der Waals surface area (Å²) in [7, 11) is -5.53. The van der Waals surface area contributed by atoms with Gasteiger partial charge in [0, 0.05) is 18.7 Å². The first-order chi connectivity index (χ1) is 11.0. The molecular weight excluding hydrogens is 345 g/mol. The number of anilines is 1. The minimum atomic E-state index is -5.53. The molecule has 24 heavy (non-hydrogen) atoms. The van der Waals surface area contributed by atoms with E-state index in [1.54, 1.807) is 11.8 Å². The molecule has 0 atom stereocenters. The number of nitrogens with one attached hydrogen (secondary N) is 1. The highest BCUT2D eigenvalue weighted by Crippen LogP contribution is 2.29. The lowest BCUT2D eigenvalue weighted by atomic mass is 10.0. The lowest BCUT2D eigenvalue weighted by molar-refractivity contribution is -0.0429. The van der Waals surface area contributed by atoms with Gasteiger partial charge in [-0.2, -0.15) is 21.6 Å². The van der Waals surface area contributed by atoms with Gasteiger partial charge in [-0.25, -0.2) is 0 Å². The maximum Gasteiger partial charge on any atom is 0.516 e. The molecule has 5 nitrogen and oxygen atoms in total. The van der Waals surface area contributed by atoms with Crippen LogP contribution in [0.1, 0.15) is 40.7 Å². The van der Waals surface area contributed by atoms with Crippen LogP contribution >= 0.6 is 0 Å². The van der Waals surface area contributed by atoms with Crippen LogP contribution in [0, 0.1) is 13.8 Å². The molecule has 1 saturated heterocycles. The Hall–Kier alpha value is -1.77. The summed E-state index contributed by atoms with van der Waals surface area (Å²) in [5, 5.41) is 0. The van der Waals surface area contributed by atoms with Crippen LogP contribution < -0.4 is 4.72 Å². The standard InChI is InChI=1S/C15H19F3N2O3S/c1-10-8-11(2)13(19-24(22,23)15(16,17)18)9-12(10)14(21)20-6-4-3-5-7-20/h8-9,19H,3-7H2,1-2H3. The number of aryl methyl sites for hydroxylation is 2. The fourth-order valence-corrected chi connectivity index (χ4v) is 3.29. The molecule has 1 aliphatic heterocycles. The second-order valence-corrected chi connectivity index (χ2v) is 7.56. The number of benzene rings is 1. The largest absolute Gasteiger partial charge is 0.516 e. The van der Waals surface area contributed by atoms with Crippen molar-refractivity contribution in [2.75, 3.05) is 17.8 Å². The van der Waals surface area contributed by atoms with Crippen LogP contribution in [0.3, 0.4) is 0 Å². The number of amides is 1. The Kier molecular flexibility index (Phi) is 5.12. The van der Waals surface area contributed by atoms with E-state index < -0.39 is 15.5 Å². The van der Waals surface area contributed by atoms with E-state index in [9.17, 15) is 26.4 Å². The lowest BCUT2D eigenvalue weighted by Gasteiger charge is -2.27. The zero-order valence-electron chi connectivity index (χ0n) is 13.4. The topological polar surface area (TPSA) is 66.5 Å². The van der Waals surface area contributed by atoms with Crippen LogP contribution in [0.5, 0.6) is 0 Å². The van der Waals surface area contributed by atoms with Crippen molar-refractivity contribution in [3.8, 4) is 0 Å². The first kappa shape index (κ1) is 18.6. The van der Waals surface area contributed by atoms with Crippen molar-refractivity contribution in [1.82, 2.24) is 4.90 Å². The fourth-order valence-electron chi connectivity index (χ4n) is 2.66. The van der Waals surface area contributed by atoms with Crippen LogP contribution in [0.15, 0.2) is 12.1 Å². The molecule has 1 heterocycles. The second-order valence-electron chi connectivity index (χ2n) is 5.89. The number of likely N-dealkylation sites (tertiary alicyclic amines) is 1. The summed E-state index contributed by atoms with van der Waals surface area (Å²) in [4.78, 5) is 14.2. The van der Waals surface area contributed by atoms with E-state index in [1.807, 2.05) is 0 Å². The number of carbonyl (C=O) groups excluding carboxylic acids is 1. The molecule has 9 heteroatoms. The van der Waals surface area contributed by atoms with Crippen LogP contribution in [-0.2, 0) is 10.0 Å². The molecule has 0 saturated carbocycles. The number of piperidine rings is 1. The van der Waals surface area contributed by atoms with Gasteiger partial charge in [0.2, 0.25) is 0 Å². The number of hydrogen-bond acceptors (Lipinski definition) is 3. The van der Waals surface area contributed by atoms with Gasteiger partial charge in [0.05, 0.1) is 5.69 Å². The molecule has 1 aromatic rings. The minimum Gasteiger partial charge on any atom is -0.339 e. The third kappa shape index (κ3) is 3.82. The monoisotopic (exact) mass is 364 g/mol. The van der Waals surface area contributed by atoms with Gasteiger partial charge in [0.25, 0.3) is 5.91 Å². The van der Waals surface area contributed by atoms with E-state index in [0.717, 1.165) is 19.3 Å². The second kappa shape index (κ2) is 6.62. The van der Waals surface area contributed by atoms with Crippen molar-refractivity contribution in [1.29, 1.82) is 0 Å². The molecule has 134 valence electrons. The summed E-state index contributed by atoms with van der Waals surface area (Å²) in [6.45, 7) is 4.34. The van der Waals surface area contributed by atoms with Gasteiger partial charge in [0.1, 0.15) is 0 Å². The average molecular weight is 364 g/mol. The summed E-state index contributed by atoms with van der Waals surface area (Å²) in [5.41, 5.74) is -4.53. The highest BCUT2D eigenvalue weighted by Gasteiger charge is 2.46. The summed E-state index contributed by atoms with van der Waals surface area (Å²) in [5.74, 6) is -0.292. The number of alkyl halides is 3. The molecule has 0 aliphatic carbocycles. The van der Waals surface area contributed by atoms with Crippen molar-refractivity contribution in [3.63, 3.8) is 0 Å². The summed E-state index contributed by atoms with van der Waals surface area (Å²) in [6, 6.07) is 2.69. The first-order valence-electron chi connectivity index (χ1n) is 7.52. The van der Waals surface area contributed by atoms with E-state index in [0.29, 0.717) is 24.2 Å². The van der Waals surface area contributed by atoms with Gasteiger partial charge in [-0.05, 0) is 50.3 Å². The van der Waals surface area contributed by atoms with E-state index in [4.69, 9.17) is 0 Å². The molecule has 0 unspecified atom stereocenters. The SMILES string of the molecule is Cc1cc(C)c(C(=O)N2CCCCC2)cc1NS(=O)(=O)C(F)(F)F. The normalized spacial score (nSPS) is 16.1. The summed E-state index contributed by atoms with van der Waals surface area (Å²) < 4.78 is 61.8. The van der Waals surface area contributed by atoms with Gasteiger partial charge in [-0.3, -0.25) is 9.52 Å². The van der Waals surface area contributed by atoms with Crippen LogP contribution in [0.25, 0.3) is 0 Å². The van der Waals surface area contributed by atoms with Crippen molar-refractivity contribution in [3.05, 3.63) is 28.8 Å². The summed E-state index contributed by atoms with van der Waals surface area (Å²) >= 11 is 0. The first-order valence-corrected chi connectivity index (χ1v) is 9.01. The molecular formula is C15H19F3N2O3S. The van der Waals surface area contributed by atoms with Crippen LogP contribution in [0.4, 0.5) is 18.9 Å². The number of halogens is 3. The van der Waals surface area contributed by atoms with Crippen molar-refractivity contribution >= 4 is 21.6 Å². The molecule has 0 radical (unpaired) electrons. The third-order valence-corrected chi connectivity index (χ3v) is 5.09. The van der Waals surface area contributed by atoms with E-state index in [1.165, 1.54) is 23.8 Å². The summed E-state index contributed by atoms with van der Waals surface area (Å²) in [6.07, 6.45) is 2.79. The Morgan fingerprint density at radius 3 is 2.21 bits per heavy atom. The molecule has 1 fully saturated rings. The van der Waals surface area contributed by atoms with Crippen LogP contribution in [0.2, 0.25) is 0 Å². The molecule has 1 N–H and O–H groups in total. The maximum absolute atomic E-state index is 12.6. The highest BCUT2D eigenvalue weighted by atomic mass is 32.2. The van der Waals surface area contributed by atoms with Crippen LogP contribution in [-0.4, -0.2) is 37.8 Å². The van der Waals surface area contributed by atoms with Gasteiger partial charge >= 0.3 is 15.5 Å². The van der Waals surface area contributed by atoms with Crippen molar-refractivity contribution < 1.29 is 26.4 Å². The quantitative estimate of drug-likeness (QED) is 0.896. The molecule has 2 rings (SSSR count). The maximum atomic E-state index is 12.6. The molecule has 0 aromatic heterocycles. The number of nitrogens with zero attached hydrogens (tertiary/aromatic N) is 1. The minimum absolute atomic E-state index is 0.211. The van der Waals surface area contributed by atoms with Gasteiger partial charge in [-0.1, -0.05) is 6.07 Å². The number of sulfonamides is 1. The Labute approximate surface area is 138 Å². The average Bonchev–Trinajstić information content (AvgIpc) is 2.49. The number of rotatable bonds is 3. The molecule has 0 bridgehead atoms. The van der Waals surface area contributed by atoms with Crippen molar-refractivity contribution in [2.24, 2.45) is 0 Å². The predicted octanol–water partition coefficient (Wildman–Crippen LogP) is 3.19. The lowest BCUT2D eigenvalue weighted by Crippen LogP contribution is -2.36. The Morgan fingerprint density at radius 1 is 1.08 bits per heavy atom. The molecule has 0 spiro atoms. The molecule has 1 aliphatic rings. The van der Waals surface area contributed by atoms with Crippen molar-refractivity contribution in [2.45, 2.75) is 38.6 Å². The number of carbonyl (C=O) groups is 1. The third-order valence-electron chi connectivity index (χ3n) is 3.99. The Bertz CT molecular complexity index is 739. The smallest absolute Gasteiger partial charge is 0.339 e. The van der Waals surface area contributed by atoms with E-state index in [2.05, 4.69) is 0 Å². The molecule has 1 aromatic carbocycles. The Morgan fingerprint density at radius 2 is 1.67 bits per heavy atom. The van der Waals surface area contributed by atoms with E-state index in [-0.39, 0.29) is 17.2 Å². The molecule has 1 amide bonds. The van der Waals surface area contributed by atoms with E-state index >= 15 is 0 Å². The highest BCUT2D eigenvalue weighted by molar-refractivity contribution is 7.93. The van der Waals surface area contributed by atoms with Gasteiger partial charge < -0.3 is 4.90 Å². The fraction of sp³-hybridized carbons (Fsp3) is 0.533. The van der Waals surface area contributed by atoms with Gasteiger partial charge in [0.15, 0.2) is 0 Å². The zero-order chi connectivity index (χ0) is 18.1. The predicted molar refractivity (Wildman–Crippen MR) is 84.3 cm³/mol. The Balaban J connectivity index is 2.36. The number of hydrogen-bond donors (Lipinski definition) is 1.